The van der Waals surface area contributed by atoms with E-state index in [4.69, 9.17) is 4.74 Å². The Balaban J connectivity index is 2.51. The quantitative estimate of drug-likeness (QED) is 0.0466. The lowest BCUT2D eigenvalue weighted by molar-refractivity contribution is -0.140. The molecule has 5 nitrogen and oxygen atoms in total. The third kappa shape index (κ3) is 28.0. The van der Waals surface area contributed by atoms with Crippen molar-refractivity contribution in [2.24, 2.45) is 11.8 Å². The highest BCUT2D eigenvalue weighted by atomic mass is 16.5. The molecule has 1 saturated heterocycles. The van der Waals surface area contributed by atoms with Crippen molar-refractivity contribution in [3.8, 4) is 0 Å². The van der Waals surface area contributed by atoms with Gasteiger partial charge < -0.3 is 14.5 Å². The largest absolute Gasteiger partial charge is 0.469 e. The highest BCUT2D eigenvalue weighted by Gasteiger charge is 2.31. The third-order valence-electron chi connectivity index (χ3n) is 12.7. The number of esters is 1. The van der Waals surface area contributed by atoms with E-state index in [0.717, 1.165) is 38.8 Å². The molecule has 1 aliphatic rings. The molecular formula is C48H94N2O3. The first-order valence-electron chi connectivity index (χ1n) is 24.0. The number of hydrogen-bond acceptors (Lipinski definition) is 4. The Labute approximate surface area is 332 Å². The lowest BCUT2D eigenvalue weighted by Gasteiger charge is -2.41. The fourth-order valence-electron chi connectivity index (χ4n) is 8.80. The molecule has 0 radical (unpaired) electrons. The Hall–Kier alpha value is -1.10. The van der Waals surface area contributed by atoms with Crippen molar-refractivity contribution in [3.63, 3.8) is 0 Å². The maximum atomic E-state index is 14.1. The van der Waals surface area contributed by atoms with E-state index in [-0.39, 0.29) is 5.97 Å². The molecule has 1 rings (SSSR count). The average Bonchev–Trinajstić information content (AvgIpc) is 3.18. The van der Waals surface area contributed by atoms with Gasteiger partial charge in [-0.1, -0.05) is 188 Å². The molecule has 1 heterocycles. The van der Waals surface area contributed by atoms with Gasteiger partial charge in [-0.05, 0) is 76.9 Å². The summed E-state index contributed by atoms with van der Waals surface area (Å²) in [5.41, 5.74) is 0. The summed E-state index contributed by atoms with van der Waals surface area (Å²) in [6, 6.07) is 0.374. The normalized spacial score (nSPS) is 15.1. The van der Waals surface area contributed by atoms with Crippen molar-refractivity contribution < 1.29 is 14.3 Å². The van der Waals surface area contributed by atoms with Gasteiger partial charge in [-0.25, -0.2) is 0 Å². The number of piperidine rings is 1. The summed E-state index contributed by atoms with van der Waals surface area (Å²) in [4.78, 5) is 30.3. The van der Waals surface area contributed by atoms with Crippen LogP contribution in [0.4, 0.5) is 0 Å². The van der Waals surface area contributed by atoms with Crippen LogP contribution in [0.3, 0.4) is 0 Å². The van der Waals surface area contributed by atoms with Crippen LogP contribution in [0, 0.1) is 11.8 Å². The molecule has 0 aromatic rings. The maximum absolute atomic E-state index is 14.1. The van der Waals surface area contributed by atoms with Crippen LogP contribution >= 0.6 is 0 Å². The number of ether oxygens (including phenoxy) is 1. The predicted octanol–water partition coefficient (Wildman–Crippen LogP) is 14.2. The molecule has 2 atom stereocenters. The summed E-state index contributed by atoms with van der Waals surface area (Å²) in [5, 5.41) is 0. The summed E-state index contributed by atoms with van der Waals surface area (Å²) in [5.74, 6) is 1.71. The van der Waals surface area contributed by atoms with Gasteiger partial charge in [-0.15, -0.1) is 0 Å². The van der Waals surface area contributed by atoms with Crippen molar-refractivity contribution in [1.29, 1.82) is 0 Å². The van der Waals surface area contributed by atoms with Crippen LogP contribution in [0.5, 0.6) is 0 Å². The van der Waals surface area contributed by atoms with E-state index in [9.17, 15) is 9.59 Å². The summed E-state index contributed by atoms with van der Waals surface area (Å²) in [6.07, 6.45) is 43.3. The minimum absolute atomic E-state index is 0.0738. The van der Waals surface area contributed by atoms with Gasteiger partial charge in [0, 0.05) is 25.4 Å². The molecule has 1 amide bonds. The molecule has 0 N–H and O–H groups in total. The Bertz CT molecular complexity index is 811. The van der Waals surface area contributed by atoms with Crippen LogP contribution in [0.2, 0.25) is 0 Å². The van der Waals surface area contributed by atoms with E-state index >= 15 is 0 Å². The number of likely N-dealkylation sites (tertiary alicyclic amines) is 1. The fraction of sp³-hybridized carbons (Fsp3) is 0.958. The van der Waals surface area contributed by atoms with Gasteiger partial charge in [0.2, 0.25) is 5.91 Å². The number of carbonyl (C=O) groups excluding carboxylic acids is 2. The third-order valence-corrected chi connectivity index (χ3v) is 12.7. The zero-order chi connectivity index (χ0) is 38.6. The molecule has 1 fully saturated rings. The van der Waals surface area contributed by atoms with Crippen LogP contribution < -0.4 is 0 Å². The molecule has 0 saturated carbocycles. The van der Waals surface area contributed by atoms with Gasteiger partial charge in [0.1, 0.15) is 0 Å². The smallest absolute Gasteiger partial charge is 0.305 e. The monoisotopic (exact) mass is 747 g/mol. The maximum Gasteiger partial charge on any atom is 0.305 e. The number of rotatable bonds is 38. The molecule has 0 spiro atoms. The van der Waals surface area contributed by atoms with Crippen LogP contribution in [-0.4, -0.2) is 61.0 Å². The first kappa shape index (κ1) is 49.9. The molecule has 5 heteroatoms. The van der Waals surface area contributed by atoms with E-state index in [2.05, 4.69) is 37.5 Å². The molecule has 2 unspecified atom stereocenters. The minimum atomic E-state index is -0.0738. The van der Waals surface area contributed by atoms with Gasteiger partial charge in [0.05, 0.1) is 7.11 Å². The van der Waals surface area contributed by atoms with Gasteiger partial charge in [0.25, 0.3) is 0 Å². The number of hydrogen-bond donors (Lipinski definition) is 0. The van der Waals surface area contributed by atoms with Crippen LogP contribution in [0.25, 0.3) is 0 Å². The predicted molar refractivity (Wildman–Crippen MR) is 231 cm³/mol. The highest BCUT2D eigenvalue weighted by Crippen LogP contribution is 2.28. The van der Waals surface area contributed by atoms with Gasteiger partial charge in [-0.2, -0.15) is 0 Å². The Kier molecular flexibility index (Phi) is 34.4. The minimum Gasteiger partial charge on any atom is -0.469 e. The van der Waals surface area contributed by atoms with Crippen molar-refractivity contribution >= 4 is 11.9 Å². The van der Waals surface area contributed by atoms with Crippen molar-refractivity contribution in [2.45, 2.75) is 252 Å². The molecule has 0 aromatic heterocycles. The standard InChI is InChI=1S/C48H94N2O3/c1-6-9-11-13-15-24-28-32-36-45(35-31-27-14-12-10-7-2)43-50(44(4)46-39-41-49(8-3)42-40-46)47(51)37-33-29-25-22-20-18-16-17-19-21-23-26-30-34-38-48(52)53-5/h44-46H,6-43H2,1-5H3. The van der Waals surface area contributed by atoms with E-state index in [1.807, 2.05) is 0 Å². The lowest BCUT2D eigenvalue weighted by atomic mass is 9.87. The Morgan fingerprint density at radius 1 is 0.566 bits per heavy atom. The first-order valence-corrected chi connectivity index (χ1v) is 24.0. The summed E-state index contributed by atoms with van der Waals surface area (Å²) < 4.78 is 4.72. The van der Waals surface area contributed by atoms with Crippen LogP contribution in [-0.2, 0) is 14.3 Å². The topological polar surface area (TPSA) is 49.9 Å². The number of carbonyl (C=O) groups is 2. The zero-order valence-corrected chi connectivity index (χ0v) is 36.7. The number of unbranched alkanes of at least 4 members (excludes halogenated alkanes) is 25. The van der Waals surface area contributed by atoms with E-state index in [1.54, 1.807) is 0 Å². The summed E-state index contributed by atoms with van der Waals surface area (Å²) >= 11 is 0. The summed E-state index contributed by atoms with van der Waals surface area (Å²) in [6.45, 7) is 13.9. The molecule has 0 aliphatic carbocycles. The molecule has 0 bridgehead atoms. The Morgan fingerprint density at radius 3 is 1.34 bits per heavy atom. The fourth-order valence-corrected chi connectivity index (χ4v) is 8.80. The molecule has 314 valence electrons. The van der Waals surface area contributed by atoms with E-state index in [0.29, 0.717) is 30.2 Å². The van der Waals surface area contributed by atoms with Crippen molar-refractivity contribution in [2.75, 3.05) is 33.3 Å². The number of methoxy groups -OCH3 is 1. The number of amides is 1. The molecule has 1 aliphatic heterocycles. The first-order chi connectivity index (χ1) is 26.0. The van der Waals surface area contributed by atoms with E-state index < -0.39 is 0 Å². The van der Waals surface area contributed by atoms with Gasteiger partial charge in [-0.3, -0.25) is 9.59 Å². The van der Waals surface area contributed by atoms with E-state index in [1.165, 1.54) is 206 Å². The second kappa shape index (κ2) is 36.5. The molecule has 53 heavy (non-hydrogen) atoms. The van der Waals surface area contributed by atoms with Gasteiger partial charge >= 0.3 is 5.97 Å². The second-order valence-corrected chi connectivity index (χ2v) is 17.3. The van der Waals surface area contributed by atoms with Crippen LogP contribution in [0.1, 0.15) is 246 Å². The highest BCUT2D eigenvalue weighted by molar-refractivity contribution is 5.76. The van der Waals surface area contributed by atoms with Crippen molar-refractivity contribution in [3.05, 3.63) is 0 Å². The SMILES string of the molecule is CCCCCCCCCCC(CCCCCCCC)CN(C(=O)CCCCCCCCCCCCCCCCC(=O)OC)C(C)C1CCN(CC)CC1. The Morgan fingerprint density at radius 2 is 0.943 bits per heavy atom. The van der Waals surface area contributed by atoms with Crippen molar-refractivity contribution in [1.82, 2.24) is 9.80 Å². The average molecular weight is 747 g/mol. The molecule has 0 aromatic carbocycles. The summed E-state index contributed by atoms with van der Waals surface area (Å²) in [7, 11) is 1.48. The van der Waals surface area contributed by atoms with Crippen LogP contribution in [0.15, 0.2) is 0 Å². The van der Waals surface area contributed by atoms with Gasteiger partial charge in [0.15, 0.2) is 0 Å². The molecular weight excluding hydrogens is 653 g/mol. The number of nitrogens with zero attached hydrogens (tertiary/aromatic N) is 2. The lowest BCUT2D eigenvalue weighted by Crippen LogP contribution is -2.48. The second-order valence-electron chi connectivity index (χ2n) is 17.3. The zero-order valence-electron chi connectivity index (χ0n) is 36.7.